The number of aryl methyl sites for hydroxylation is 1. The number of aromatic nitrogens is 3. The number of carbonyl (C=O) groups excluding carboxylic acids is 1. The fourth-order valence-electron chi connectivity index (χ4n) is 2.41. The number of pyridine rings is 1. The van der Waals surface area contributed by atoms with Crippen molar-refractivity contribution in [3.05, 3.63) is 41.3 Å². The van der Waals surface area contributed by atoms with Gasteiger partial charge >= 0.3 is 0 Å². The summed E-state index contributed by atoms with van der Waals surface area (Å²) in [5.74, 6) is 0.930. The molecule has 1 aliphatic rings. The van der Waals surface area contributed by atoms with Gasteiger partial charge in [-0.2, -0.15) is 5.10 Å². The summed E-state index contributed by atoms with van der Waals surface area (Å²) in [6, 6.07) is 3.73. The highest BCUT2D eigenvalue weighted by atomic mass is 35.5. The summed E-state index contributed by atoms with van der Waals surface area (Å²) >= 11 is 5.84. The second-order valence-corrected chi connectivity index (χ2v) is 5.45. The number of amides is 1. The standard InChI is InChI=1S/C14H16ClN5O/c1-18-10-11(8-17-18)14(21)20-6-4-19(5-7-20)13-3-2-12(15)9-16-13/h2-3,8-10H,4-7H2,1H3. The van der Waals surface area contributed by atoms with E-state index in [9.17, 15) is 4.79 Å². The number of carbonyl (C=O) groups is 1. The van der Waals surface area contributed by atoms with Crippen LogP contribution >= 0.6 is 11.6 Å². The van der Waals surface area contributed by atoms with E-state index in [0.717, 1.165) is 18.9 Å². The van der Waals surface area contributed by atoms with Gasteiger partial charge in [-0.05, 0) is 12.1 Å². The van der Waals surface area contributed by atoms with Crippen molar-refractivity contribution in [1.82, 2.24) is 19.7 Å². The summed E-state index contributed by atoms with van der Waals surface area (Å²) < 4.78 is 1.64. The first kappa shape index (κ1) is 13.9. The highest BCUT2D eigenvalue weighted by molar-refractivity contribution is 6.30. The maximum atomic E-state index is 12.3. The molecular weight excluding hydrogens is 290 g/mol. The van der Waals surface area contributed by atoms with E-state index in [1.54, 1.807) is 30.3 Å². The summed E-state index contributed by atoms with van der Waals surface area (Å²) in [5, 5.41) is 4.67. The van der Waals surface area contributed by atoms with Crippen LogP contribution in [-0.4, -0.2) is 51.8 Å². The normalized spacial score (nSPS) is 15.3. The van der Waals surface area contributed by atoms with Gasteiger partial charge in [-0.3, -0.25) is 9.48 Å². The lowest BCUT2D eigenvalue weighted by Crippen LogP contribution is -2.49. The van der Waals surface area contributed by atoms with E-state index in [4.69, 9.17) is 11.6 Å². The molecule has 3 heterocycles. The van der Waals surface area contributed by atoms with E-state index in [2.05, 4.69) is 15.0 Å². The zero-order chi connectivity index (χ0) is 14.8. The van der Waals surface area contributed by atoms with Crippen molar-refractivity contribution in [2.24, 2.45) is 7.05 Å². The third-order valence-corrected chi connectivity index (χ3v) is 3.78. The van der Waals surface area contributed by atoms with Gasteiger partial charge in [0.1, 0.15) is 5.82 Å². The first-order valence-electron chi connectivity index (χ1n) is 6.78. The van der Waals surface area contributed by atoms with Crippen LogP contribution < -0.4 is 4.90 Å². The minimum absolute atomic E-state index is 0.0341. The fraction of sp³-hybridized carbons (Fsp3) is 0.357. The van der Waals surface area contributed by atoms with Crippen LogP contribution in [0.2, 0.25) is 5.02 Å². The molecule has 110 valence electrons. The van der Waals surface area contributed by atoms with Crippen LogP contribution in [0.1, 0.15) is 10.4 Å². The van der Waals surface area contributed by atoms with Crippen molar-refractivity contribution >= 4 is 23.3 Å². The van der Waals surface area contributed by atoms with Gasteiger partial charge in [0.15, 0.2) is 0 Å². The number of anilines is 1. The van der Waals surface area contributed by atoms with Crippen LogP contribution in [0.15, 0.2) is 30.7 Å². The molecule has 21 heavy (non-hydrogen) atoms. The van der Waals surface area contributed by atoms with Crippen molar-refractivity contribution in [3.63, 3.8) is 0 Å². The number of hydrogen-bond donors (Lipinski definition) is 0. The Morgan fingerprint density at radius 2 is 1.95 bits per heavy atom. The maximum absolute atomic E-state index is 12.3. The zero-order valence-electron chi connectivity index (χ0n) is 11.7. The SMILES string of the molecule is Cn1cc(C(=O)N2CCN(c3ccc(Cl)cn3)CC2)cn1. The molecule has 0 N–H and O–H groups in total. The van der Waals surface area contributed by atoms with E-state index in [1.807, 2.05) is 17.0 Å². The van der Waals surface area contributed by atoms with E-state index in [-0.39, 0.29) is 5.91 Å². The molecule has 1 saturated heterocycles. The zero-order valence-corrected chi connectivity index (χ0v) is 12.5. The predicted octanol–water partition coefficient (Wildman–Crippen LogP) is 1.43. The minimum atomic E-state index is 0.0341. The highest BCUT2D eigenvalue weighted by Crippen LogP contribution is 2.17. The molecule has 0 atom stereocenters. The molecule has 1 fully saturated rings. The first-order chi connectivity index (χ1) is 10.1. The Kier molecular flexibility index (Phi) is 3.79. The third-order valence-electron chi connectivity index (χ3n) is 3.55. The second-order valence-electron chi connectivity index (χ2n) is 5.02. The first-order valence-corrected chi connectivity index (χ1v) is 7.16. The van der Waals surface area contributed by atoms with Crippen LogP contribution in [0, 0.1) is 0 Å². The van der Waals surface area contributed by atoms with E-state index in [0.29, 0.717) is 23.7 Å². The number of halogens is 1. The van der Waals surface area contributed by atoms with E-state index in [1.165, 1.54) is 0 Å². The van der Waals surface area contributed by atoms with E-state index < -0.39 is 0 Å². The molecule has 0 aliphatic carbocycles. The molecule has 0 unspecified atom stereocenters. The molecular formula is C14H16ClN5O. The van der Waals surface area contributed by atoms with Crippen molar-refractivity contribution < 1.29 is 4.79 Å². The molecule has 6 nitrogen and oxygen atoms in total. The van der Waals surface area contributed by atoms with Gasteiger partial charge in [0.05, 0.1) is 16.8 Å². The molecule has 0 bridgehead atoms. The lowest BCUT2D eigenvalue weighted by molar-refractivity contribution is 0.0746. The van der Waals surface area contributed by atoms with Gasteiger partial charge < -0.3 is 9.80 Å². The summed E-state index contributed by atoms with van der Waals surface area (Å²) in [4.78, 5) is 20.6. The van der Waals surface area contributed by atoms with Gasteiger partial charge in [0.2, 0.25) is 0 Å². The summed E-state index contributed by atoms with van der Waals surface area (Å²) in [5.41, 5.74) is 0.635. The molecule has 0 saturated carbocycles. The van der Waals surface area contributed by atoms with E-state index >= 15 is 0 Å². The molecule has 0 aromatic carbocycles. The molecule has 2 aromatic rings. The van der Waals surface area contributed by atoms with Crippen molar-refractivity contribution in [2.45, 2.75) is 0 Å². The Morgan fingerprint density at radius 3 is 2.52 bits per heavy atom. The largest absolute Gasteiger partial charge is 0.353 e. The van der Waals surface area contributed by atoms with Crippen molar-refractivity contribution in [2.75, 3.05) is 31.1 Å². The van der Waals surface area contributed by atoms with Crippen molar-refractivity contribution in [3.8, 4) is 0 Å². The van der Waals surface area contributed by atoms with Crippen LogP contribution in [0.25, 0.3) is 0 Å². The predicted molar refractivity (Wildman–Crippen MR) is 80.6 cm³/mol. The lowest BCUT2D eigenvalue weighted by Gasteiger charge is -2.35. The summed E-state index contributed by atoms with van der Waals surface area (Å²) in [6.45, 7) is 2.89. The average molecular weight is 306 g/mol. The monoisotopic (exact) mass is 305 g/mol. The molecule has 1 amide bonds. The van der Waals surface area contributed by atoms with Crippen molar-refractivity contribution in [1.29, 1.82) is 0 Å². The van der Waals surface area contributed by atoms with Gasteiger partial charge in [0, 0.05) is 45.6 Å². The fourth-order valence-corrected chi connectivity index (χ4v) is 2.52. The Labute approximate surface area is 127 Å². The smallest absolute Gasteiger partial charge is 0.257 e. The number of piperazine rings is 1. The molecule has 2 aromatic heterocycles. The molecule has 3 rings (SSSR count). The molecule has 7 heteroatoms. The van der Waals surface area contributed by atoms with Gasteiger partial charge in [-0.15, -0.1) is 0 Å². The Bertz CT molecular complexity index is 631. The summed E-state index contributed by atoms with van der Waals surface area (Å²) in [7, 11) is 1.81. The topological polar surface area (TPSA) is 54.3 Å². The van der Waals surface area contributed by atoms with Crippen LogP contribution in [0.5, 0.6) is 0 Å². The van der Waals surface area contributed by atoms with Gasteiger partial charge in [0.25, 0.3) is 5.91 Å². The Morgan fingerprint density at radius 1 is 1.19 bits per heavy atom. The highest BCUT2D eigenvalue weighted by Gasteiger charge is 2.23. The van der Waals surface area contributed by atoms with Crippen LogP contribution in [0.4, 0.5) is 5.82 Å². The number of nitrogens with zero attached hydrogens (tertiary/aromatic N) is 5. The van der Waals surface area contributed by atoms with Gasteiger partial charge in [-0.1, -0.05) is 11.6 Å². The van der Waals surface area contributed by atoms with Crippen LogP contribution in [0.3, 0.4) is 0 Å². The molecule has 0 radical (unpaired) electrons. The molecule has 1 aliphatic heterocycles. The third kappa shape index (κ3) is 3.00. The van der Waals surface area contributed by atoms with Crippen LogP contribution in [-0.2, 0) is 7.05 Å². The quantitative estimate of drug-likeness (QED) is 0.842. The lowest BCUT2D eigenvalue weighted by atomic mass is 10.2. The maximum Gasteiger partial charge on any atom is 0.257 e. The number of rotatable bonds is 2. The minimum Gasteiger partial charge on any atom is -0.353 e. The number of hydrogen-bond acceptors (Lipinski definition) is 4. The Balaban J connectivity index is 1.62. The Hall–Kier alpha value is -2.08. The summed E-state index contributed by atoms with van der Waals surface area (Å²) in [6.07, 6.45) is 5.00. The van der Waals surface area contributed by atoms with Gasteiger partial charge in [-0.25, -0.2) is 4.98 Å². The average Bonchev–Trinajstić information content (AvgIpc) is 2.94. The molecule has 0 spiro atoms. The second kappa shape index (κ2) is 5.73.